The minimum absolute atomic E-state index is 0.131. The molecule has 3 nitrogen and oxygen atoms in total. The van der Waals surface area contributed by atoms with Gasteiger partial charge in [0.15, 0.2) is 0 Å². The summed E-state index contributed by atoms with van der Waals surface area (Å²) >= 11 is 1.33. The molecule has 0 saturated heterocycles. The van der Waals surface area contributed by atoms with E-state index in [0.717, 1.165) is 11.1 Å². The van der Waals surface area contributed by atoms with E-state index < -0.39 is 0 Å². The van der Waals surface area contributed by atoms with E-state index in [-0.39, 0.29) is 11.7 Å². The van der Waals surface area contributed by atoms with Gasteiger partial charge in [-0.05, 0) is 24.1 Å². The third-order valence-corrected chi connectivity index (χ3v) is 4.26. The van der Waals surface area contributed by atoms with Gasteiger partial charge in [0.25, 0.3) is 5.91 Å². The SMILES string of the molecule is O=C(NCCc1ccc(F)cc1)c1scnc1-c1ccccc1. The normalized spacial score (nSPS) is 10.5. The van der Waals surface area contributed by atoms with Gasteiger partial charge in [0.1, 0.15) is 10.7 Å². The third kappa shape index (κ3) is 3.81. The van der Waals surface area contributed by atoms with Crippen molar-refractivity contribution in [2.45, 2.75) is 6.42 Å². The zero-order valence-corrected chi connectivity index (χ0v) is 13.1. The topological polar surface area (TPSA) is 42.0 Å². The Balaban J connectivity index is 1.63. The lowest BCUT2D eigenvalue weighted by atomic mass is 10.1. The van der Waals surface area contributed by atoms with Crippen molar-refractivity contribution in [2.75, 3.05) is 6.54 Å². The number of carbonyl (C=O) groups is 1. The second-order valence-corrected chi connectivity index (χ2v) is 5.88. The van der Waals surface area contributed by atoms with Crippen LogP contribution in [0.5, 0.6) is 0 Å². The van der Waals surface area contributed by atoms with Gasteiger partial charge in [0.2, 0.25) is 0 Å². The first-order valence-electron chi connectivity index (χ1n) is 7.25. The summed E-state index contributed by atoms with van der Waals surface area (Å²) in [4.78, 5) is 17.2. The molecule has 0 spiro atoms. The van der Waals surface area contributed by atoms with Crippen LogP contribution in [0.15, 0.2) is 60.1 Å². The zero-order chi connectivity index (χ0) is 16.1. The second-order valence-electron chi connectivity index (χ2n) is 5.03. The minimum atomic E-state index is -0.255. The molecule has 0 fully saturated rings. The highest BCUT2D eigenvalue weighted by molar-refractivity contribution is 7.12. The van der Waals surface area contributed by atoms with Crippen LogP contribution in [-0.4, -0.2) is 17.4 Å². The van der Waals surface area contributed by atoms with Gasteiger partial charge in [0, 0.05) is 12.1 Å². The molecule has 0 bridgehead atoms. The Kier molecular flexibility index (Phi) is 4.78. The maximum absolute atomic E-state index is 12.9. The number of rotatable bonds is 5. The van der Waals surface area contributed by atoms with Crippen LogP contribution in [-0.2, 0) is 6.42 Å². The number of amides is 1. The highest BCUT2D eigenvalue weighted by atomic mass is 32.1. The summed E-state index contributed by atoms with van der Waals surface area (Å²) in [6, 6.07) is 15.9. The number of hydrogen-bond acceptors (Lipinski definition) is 3. The highest BCUT2D eigenvalue weighted by Crippen LogP contribution is 2.24. The van der Waals surface area contributed by atoms with Crippen LogP contribution in [0.3, 0.4) is 0 Å². The summed E-state index contributed by atoms with van der Waals surface area (Å²) in [6.07, 6.45) is 0.658. The number of halogens is 1. The van der Waals surface area contributed by atoms with Crippen molar-refractivity contribution >= 4 is 17.2 Å². The lowest BCUT2D eigenvalue weighted by Gasteiger charge is -2.06. The molecule has 3 rings (SSSR count). The average Bonchev–Trinajstić information content (AvgIpc) is 3.07. The summed E-state index contributed by atoms with van der Waals surface area (Å²) in [5, 5.41) is 2.90. The largest absolute Gasteiger partial charge is 0.351 e. The molecule has 1 heterocycles. The maximum Gasteiger partial charge on any atom is 0.263 e. The quantitative estimate of drug-likeness (QED) is 0.772. The van der Waals surface area contributed by atoms with Crippen LogP contribution in [0.25, 0.3) is 11.3 Å². The van der Waals surface area contributed by atoms with E-state index in [2.05, 4.69) is 10.3 Å². The summed E-state index contributed by atoms with van der Waals surface area (Å²) in [5.41, 5.74) is 4.30. The fraction of sp³-hybridized carbons (Fsp3) is 0.111. The smallest absolute Gasteiger partial charge is 0.263 e. The fourth-order valence-corrected chi connectivity index (χ4v) is 2.99. The van der Waals surface area contributed by atoms with Gasteiger partial charge < -0.3 is 5.32 Å². The Morgan fingerprint density at radius 2 is 1.83 bits per heavy atom. The molecule has 0 saturated carbocycles. The Bertz CT molecular complexity index is 784. The lowest BCUT2D eigenvalue weighted by molar-refractivity contribution is 0.0958. The van der Waals surface area contributed by atoms with Gasteiger partial charge in [-0.1, -0.05) is 42.5 Å². The molecule has 3 aromatic rings. The van der Waals surface area contributed by atoms with Crippen molar-refractivity contribution in [3.05, 3.63) is 76.4 Å². The van der Waals surface area contributed by atoms with Crippen molar-refractivity contribution in [3.8, 4) is 11.3 Å². The molecule has 1 amide bonds. The van der Waals surface area contributed by atoms with Gasteiger partial charge in [-0.25, -0.2) is 9.37 Å². The van der Waals surface area contributed by atoms with Crippen LogP contribution in [0.4, 0.5) is 4.39 Å². The van der Waals surface area contributed by atoms with E-state index in [9.17, 15) is 9.18 Å². The molecule has 116 valence electrons. The van der Waals surface area contributed by atoms with E-state index in [1.54, 1.807) is 17.6 Å². The first-order chi connectivity index (χ1) is 11.2. The van der Waals surface area contributed by atoms with Crippen LogP contribution in [0.1, 0.15) is 15.2 Å². The van der Waals surface area contributed by atoms with E-state index in [1.165, 1.54) is 23.5 Å². The lowest BCUT2D eigenvalue weighted by Crippen LogP contribution is -2.25. The van der Waals surface area contributed by atoms with Gasteiger partial charge in [-0.2, -0.15) is 0 Å². The molecular weight excluding hydrogens is 311 g/mol. The molecule has 5 heteroatoms. The standard InChI is InChI=1S/C18H15FN2OS/c19-15-8-6-13(7-9-15)10-11-20-18(22)17-16(21-12-23-17)14-4-2-1-3-5-14/h1-9,12H,10-11H2,(H,20,22). The van der Waals surface area contributed by atoms with Crippen molar-refractivity contribution in [1.82, 2.24) is 10.3 Å². The van der Waals surface area contributed by atoms with E-state index in [1.807, 2.05) is 30.3 Å². The molecule has 0 radical (unpaired) electrons. The van der Waals surface area contributed by atoms with Crippen LogP contribution in [0.2, 0.25) is 0 Å². The molecule has 23 heavy (non-hydrogen) atoms. The first-order valence-corrected chi connectivity index (χ1v) is 8.13. The summed E-state index contributed by atoms with van der Waals surface area (Å²) in [7, 11) is 0. The number of nitrogens with zero attached hydrogens (tertiary/aromatic N) is 1. The number of carbonyl (C=O) groups excluding carboxylic acids is 1. The monoisotopic (exact) mass is 326 g/mol. The molecule has 0 atom stereocenters. The van der Waals surface area contributed by atoms with E-state index in [0.29, 0.717) is 23.5 Å². The molecule has 0 unspecified atom stereocenters. The Labute approximate surface area is 137 Å². The molecule has 2 aromatic carbocycles. The van der Waals surface area contributed by atoms with Gasteiger partial charge in [-0.15, -0.1) is 11.3 Å². The van der Waals surface area contributed by atoms with E-state index >= 15 is 0 Å². The van der Waals surface area contributed by atoms with Crippen molar-refractivity contribution in [3.63, 3.8) is 0 Å². The number of benzene rings is 2. The number of aromatic nitrogens is 1. The number of thiazole rings is 1. The Morgan fingerprint density at radius 3 is 2.57 bits per heavy atom. The predicted molar refractivity (Wildman–Crippen MR) is 90.0 cm³/mol. The molecule has 0 aliphatic heterocycles. The van der Waals surface area contributed by atoms with Crippen molar-refractivity contribution < 1.29 is 9.18 Å². The minimum Gasteiger partial charge on any atom is -0.351 e. The van der Waals surface area contributed by atoms with Crippen LogP contribution in [0, 0.1) is 5.82 Å². The van der Waals surface area contributed by atoms with Crippen molar-refractivity contribution in [2.24, 2.45) is 0 Å². The molecule has 0 aliphatic carbocycles. The maximum atomic E-state index is 12.9. The molecule has 1 aromatic heterocycles. The highest BCUT2D eigenvalue weighted by Gasteiger charge is 2.15. The van der Waals surface area contributed by atoms with Crippen LogP contribution < -0.4 is 5.32 Å². The number of hydrogen-bond donors (Lipinski definition) is 1. The Morgan fingerprint density at radius 1 is 1.09 bits per heavy atom. The van der Waals surface area contributed by atoms with Crippen molar-refractivity contribution in [1.29, 1.82) is 0 Å². The fourth-order valence-electron chi connectivity index (χ4n) is 2.26. The van der Waals surface area contributed by atoms with Crippen LogP contribution >= 0.6 is 11.3 Å². The average molecular weight is 326 g/mol. The zero-order valence-electron chi connectivity index (χ0n) is 12.3. The second kappa shape index (κ2) is 7.15. The summed E-state index contributed by atoms with van der Waals surface area (Å²) in [5.74, 6) is -0.386. The molecule has 0 aliphatic rings. The third-order valence-electron chi connectivity index (χ3n) is 3.43. The first kappa shape index (κ1) is 15.4. The number of nitrogens with one attached hydrogen (secondary N) is 1. The molecular formula is C18H15FN2OS. The summed E-state index contributed by atoms with van der Waals surface area (Å²) < 4.78 is 12.9. The Hall–Kier alpha value is -2.53. The van der Waals surface area contributed by atoms with Gasteiger partial charge in [0.05, 0.1) is 11.2 Å². The summed E-state index contributed by atoms with van der Waals surface area (Å²) in [6.45, 7) is 0.497. The molecule has 1 N–H and O–H groups in total. The van der Waals surface area contributed by atoms with Gasteiger partial charge >= 0.3 is 0 Å². The van der Waals surface area contributed by atoms with Gasteiger partial charge in [-0.3, -0.25) is 4.79 Å². The predicted octanol–water partition coefficient (Wildman–Crippen LogP) is 3.92. The van der Waals surface area contributed by atoms with E-state index in [4.69, 9.17) is 0 Å².